The summed E-state index contributed by atoms with van der Waals surface area (Å²) in [7, 11) is 0. The second-order valence-electron chi connectivity index (χ2n) is 6.92. The minimum absolute atomic E-state index is 0.198. The molecule has 5 heteroatoms. The number of nitrogens with zero attached hydrogens (tertiary/aromatic N) is 3. The molecule has 1 saturated heterocycles. The number of hydrogen-bond donors (Lipinski definition) is 1. The van der Waals surface area contributed by atoms with Crippen LogP contribution in [-0.2, 0) is 0 Å². The van der Waals surface area contributed by atoms with E-state index >= 15 is 0 Å². The number of aromatic nitrogens is 2. The fourth-order valence-electron chi connectivity index (χ4n) is 4.35. The lowest BCUT2D eigenvalue weighted by Gasteiger charge is -2.33. The van der Waals surface area contributed by atoms with E-state index in [1.165, 1.54) is 32.1 Å². The molecule has 4 rings (SSSR count). The Labute approximate surface area is 135 Å². The zero-order chi connectivity index (χ0) is 15.9. The predicted molar refractivity (Wildman–Crippen MR) is 89.4 cm³/mol. The van der Waals surface area contributed by atoms with E-state index < -0.39 is 0 Å². The standard InChI is InChI=1S/C18H20N4O/c19-11-13-16(15-14(21-17(13)23)5-4-9-20-15)22-10-8-18(12-22)6-2-1-3-7-18/h4-5,9H,1-3,6-8,10,12H2,(H,21,23). The fraction of sp³-hybridized carbons (Fsp3) is 0.500. The van der Waals surface area contributed by atoms with Crippen molar-refractivity contribution < 1.29 is 0 Å². The number of aromatic amines is 1. The Morgan fingerprint density at radius 3 is 2.87 bits per heavy atom. The summed E-state index contributed by atoms with van der Waals surface area (Å²) < 4.78 is 0. The third-order valence-electron chi connectivity index (χ3n) is 5.52. The Balaban J connectivity index is 1.83. The molecule has 2 fully saturated rings. The highest BCUT2D eigenvalue weighted by molar-refractivity contribution is 5.91. The van der Waals surface area contributed by atoms with E-state index in [9.17, 15) is 10.1 Å². The molecule has 23 heavy (non-hydrogen) atoms. The van der Waals surface area contributed by atoms with Crippen molar-refractivity contribution >= 4 is 16.7 Å². The minimum atomic E-state index is -0.312. The number of nitriles is 1. The van der Waals surface area contributed by atoms with Crippen LogP contribution in [0.15, 0.2) is 23.1 Å². The molecule has 1 N–H and O–H groups in total. The third kappa shape index (κ3) is 2.29. The maximum Gasteiger partial charge on any atom is 0.268 e. The van der Waals surface area contributed by atoms with Crippen molar-refractivity contribution in [2.24, 2.45) is 5.41 Å². The second-order valence-corrected chi connectivity index (χ2v) is 6.92. The summed E-state index contributed by atoms with van der Waals surface area (Å²) in [4.78, 5) is 21.7. The van der Waals surface area contributed by atoms with E-state index in [0.717, 1.165) is 30.7 Å². The van der Waals surface area contributed by atoms with Crippen molar-refractivity contribution in [3.05, 3.63) is 34.2 Å². The van der Waals surface area contributed by atoms with Crippen LogP contribution in [0.25, 0.3) is 11.0 Å². The molecule has 1 aliphatic heterocycles. The van der Waals surface area contributed by atoms with Gasteiger partial charge < -0.3 is 9.88 Å². The molecule has 1 saturated carbocycles. The molecule has 118 valence electrons. The summed E-state index contributed by atoms with van der Waals surface area (Å²) in [6, 6.07) is 5.75. The third-order valence-corrected chi connectivity index (χ3v) is 5.52. The first-order valence-electron chi connectivity index (χ1n) is 8.39. The lowest BCUT2D eigenvalue weighted by Crippen LogP contribution is -2.31. The summed E-state index contributed by atoms with van der Waals surface area (Å²) in [5, 5.41) is 9.50. The van der Waals surface area contributed by atoms with Crippen molar-refractivity contribution in [1.82, 2.24) is 9.97 Å². The van der Waals surface area contributed by atoms with Gasteiger partial charge in [0, 0.05) is 19.3 Å². The molecular formula is C18H20N4O. The highest BCUT2D eigenvalue weighted by atomic mass is 16.1. The van der Waals surface area contributed by atoms with Crippen LogP contribution >= 0.6 is 0 Å². The lowest BCUT2D eigenvalue weighted by molar-refractivity contribution is 0.219. The summed E-state index contributed by atoms with van der Waals surface area (Å²) in [6.07, 6.45) is 9.33. The lowest BCUT2D eigenvalue weighted by atomic mass is 9.73. The predicted octanol–water partition coefficient (Wildman–Crippen LogP) is 2.96. The molecule has 0 amide bonds. The Morgan fingerprint density at radius 2 is 2.09 bits per heavy atom. The molecule has 3 heterocycles. The maximum atomic E-state index is 12.3. The van der Waals surface area contributed by atoms with Gasteiger partial charge in [-0.1, -0.05) is 19.3 Å². The molecule has 0 unspecified atom stereocenters. The molecule has 1 aliphatic carbocycles. The number of nitrogens with one attached hydrogen (secondary N) is 1. The van der Waals surface area contributed by atoms with E-state index in [1.807, 2.05) is 6.07 Å². The molecule has 1 spiro atoms. The number of H-pyrrole nitrogens is 1. The van der Waals surface area contributed by atoms with E-state index in [1.54, 1.807) is 12.3 Å². The first-order chi connectivity index (χ1) is 11.2. The topological polar surface area (TPSA) is 72.8 Å². The van der Waals surface area contributed by atoms with E-state index in [4.69, 9.17) is 0 Å². The molecular weight excluding hydrogens is 288 g/mol. The zero-order valence-corrected chi connectivity index (χ0v) is 13.1. The molecule has 2 aromatic heterocycles. The normalized spacial score (nSPS) is 20.0. The van der Waals surface area contributed by atoms with E-state index in [0.29, 0.717) is 10.9 Å². The average Bonchev–Trinajstić information content (AvgIpc) is 2.97. The number of fused-ring (bicyclic) bond motifs is 1. The number of rotatable bonds is 1. The van der Waals surface area contributed by atoms with Crippen LogP contribution < -0.4 is 10.5 Å². The second kappa shape index (κ2) is 5.38. The fourth-order valence-corrected chi connectivity index (χ4v) is 4.35. The van der Waals surface area contributed by atoms with Crippen molar-refractivity contribution in [2.45, 2.75) is 38.5 Å². The number of anilines is 1. The van der Waals surface area contributed by atoms with Gasteiger partial charge in [0.05, 0.1) is 11.2 Å². The van der Waals surface area contributed by atoms with Crippen molar-refractivity contribution in [1.29, 1.82) is 5.26 Å². The SMILES string of the molecule is N#Cc1c(N2CCC3(CCCCC3)C2)c2ncccc2[nH]c1=O. The van der Waals surface area contributed by atoms with Crippen molar-refractivity contribution in [3.8, 4) is 6.07 Å². The van der Waals surface area contributed by atoms with Gasteiger partial charge in [0.2, 0.25) is 0 Å². The van der Waals surface area contributed by atoms with Crippen LogP contribution in [0.5, 0.6) is 0 Å². The minimum Gasteiger partial charge on any atom is -0.368 e. The highest BCUT2D eigenvalue weighted by Crippen LogP contribution is 2.45. The molecule has 0 bridgehead atoms. The molecule has 0 radical (unpaired) electrons. The van der Waals surface area contributed by atoms with E-state index in [2.05, 4.69) is 20.9 Å². The molecule has 0 aromatic carbocycles. The smallest absolute Gasteiger partial charge is 0.268 e. The number of pyridine rings is 2. The Bertz CT molecular complexity index is 842. The van der Waals surface area contributed by atoms with Crippen LogP contribution in [0.4, 0.5) is 5.69 Å². The van der Waals surface area contributed by atoms with Gasteiger partial charge in [-0.15, -0.1) is 0 Å². The monoisotopic (exact) mass is 308 g/mol. The van der Waals surface area contributed by atoms with Crippen LogP contribution in [-0.4, -0.2) is 23.1 Å². The quantitative estimate of drug-likeness (QED) is 0.879. The Kier molecular flexibility index (Phi) is 3.33. The van der Waals surface area contributed by atoms with Gasteiger partial charge in [-0.3, -0.25) is 9.78 Å². The molecule has 2 aromatic rings. The first kappa shape index (κ1) is 14.3. The summed E-state index contributed by atoms with van der Waals surface area (Å²) in [6.45, 7) is 1.85. The summed E-state index contributed by atoms with van der Waals surface area (Å²) in [5.74, 6) is 0. The summed E-state index contributed by atoms with van der Waals surface area (Å²) >= 11 is 0. The first-order valence-corrected chi connectivity index (χ1v) is 8.39. The van der Waals surface area contributed by atoms with Gasteiger partial charge in [0.1, 0.15) is 17.1 Å². The Hall–Kier alpha value is -2.35. The summed E-state index contributed by atoms with van der Waals surface area (Å²) in [5.41, 5.74) is 2.42. The van der Waals surface area contributed by atoms with Gasteiger partial charge in [0.25, 0.3) is 5.56 Å². The van der Waals surface area contributed by atoms with Crippen LogP contribution in [0, 0.1) is 16.7 Å². The van der Waals surface area contributed by atoms with Crippen molar-refractivity contribution in [3.63, 3.8) is 0 Å². The molecule has 2 aliphatic rings. The number of hydrogen-bond acceptors (Lipinski definition) is 4. The largest absolute Gasteiger partial charge is 0.368 e. The van der Waals surface area contributed by atoms with Crippen LogP contribution in [0.2, 0.25) is 0 Å². The van der Waals surface area contributed by atoms with Gasteiger partial charge in [-0.25, -0.2) is 0 Å². The van der Waals surface area contributed by atoms with Gasteiger partial charge in [-0.2, -0.15) is 5.26 Å². The average molecular weight is 308 g/mol. The van der Waals surface area contributed by atoms with Gasteiger partial charge in [0.15, 0.2) is 0 Å². The van der Waals surface area contributed by atoms with Crippen LogP contribution in [0.1, 0.15) is 44.1 Å². The van der Waals surface area contributed by atoms with Crippen molar-refractivity contribution in [2.75, 3.05) is 18.0 Å². The maximum absolute atomic E-state index is 12.3. The van der Waals surface area contributed by atoms with Gasteiger partial charge in [-0.05, 0) is 36.8 Å². The Morgan fingerprint density at radius 1 is 1.26 bits per heavy atom. The zero-order valence-electron chi connectivity index (χ0n) is 13.1. The van der Waals surface area contributed by atoms with E-state index in [-0.39, 0.29) is 11.1 Å². The molecule has 5 nitrogen and oxygen atoms in total. The highest BCUT2D eigenvalue weighted by Gasteiger charge is 2.40. The van der Waals surface area contributed by atoms with Crippen LogP contribution in [0.3, 0.4) is 0 Å². The molecule has 0 atom stereocenters. The van der Waals surface area contributed by atoms with Gasteiger partial charge >= 0.3 is 0 Å².